The number of pyridine rings is 1. The van der Waals surface area contributed by atoms with Gasteiger partial charge in [0.1, 0.15) is 16.6 Å². The Hall–Kier alpha value is -2.07. The van der Waals surface area contributed by atoms with E-state index in [1.807, 2.05) is 18.2 Å². The number of carbonyl (C=O) groups excluding carboxylic acids is 1. The quantitative estimate of drug-likeness (QED) is 0.638. The number of rotatable bonds is 3. The average molecular weight is 278 g/mol. The topological polar surface area (TPSA) is 48.4 Å². The molecule has 2 rings (SSSR count). The van der Waals surface area contributed by atoms with Crippen molar-refractivity contribution in [2.45, 2.75) is 6.92 Å². The van der Waals surface area contributed by atoms with Crippen LogP contribution in [-0.2, 0) is 4.79 Å². The van der Waals surface area contributed by atoms with Gasteiger partial charge in [-0.2, -0.15) is 0 Å². The molecule has 0 aliphatic heterocycles. The molecule has 0 radical (unpaired) electrons. The molecule has 1 aromatic heterocycles. The van der Waals surface area contributed by atoms with Gasteiger partial charge in [0, 0.05) is 12.5 Å². The highest BCUT2D eigenvalue weighted by atomic mass is 35.5. The number of aromatic nitrogens is 1. The van der Waals surface area contributed by atoms with Crippen LogP contribution in [0, 0.1) is 0 Å². The summed E-state index contributed by atoms with van der Waals surface area (Å²) < 4.78 is 10.3. The largest absolute Gasteiger partial charge is 0.497 e. The van der Waals surface area contributed by atoms with Crippen LogP contribution in [0.2, 0.25) is 5.15 Å². The molecule has 1 heterocycles. The molecule has 0 fully saturated rings. The van der Waals surface area contributed by atoms with Crippen molar-refractivity contribution in [3.8, 4) is 22.8 Å². The number of esters is 1. The zero-order chi connectivity index (χ0) is 13.8. The molecule has 5 heteroatoms. The summed E-state index contributed by atoms with van der Waals surface area (Å²) in [6, 6.07) is 10.5. The van der Waals surface area contributed by atoms with Crippen LogP contribution in [0.3, 0.4) is 0 Å². The van der Waals surface area contributed by atoms with Gasteiger partial charge in [0.05, 0.1) is 7.11 Å². The van der Waals surface area contributed by atoms with Gasteiger partial charge in [0.25, 0.3) is 0 Å². The summed E-state index contributed by atoms with van der Waals surface area (Å²) in [7, 11) is 1.58. The van der Waals surface area contributed by atoms with E-state index in [-0.39, 0.29) is 0 Å². The van der Waals surface area contributed by atoms with Crippen LogP contribution >= 0.6 is 11.6 Å². The highest BCUT2D eigenvalue weighted by Gasteiger charge is 2.11. The highest BCUT2D eigenvalue weighted by molar-refractivity contribution is 6.29. The van der Waals surface area contributed by atoms with Gasteiger partial charge in [-0.15, -0.1) is 0 Å². The van der Waals surface area contributed by atoms with Gasteiger partial charge < -0.3 is 9.47 Å². The minimum Gasteiger partial charge on any atom is -0.497 e. The second-order valence-electron chi connectivity index (χ2n) is 3.81. The van der Waals surface area contributed by atoms with E-state index >= 15 is 0 Å². The van der Waals surface area contributed by atoms with Gasteiger partial charge in [0.15, 0.2) is 5.75 Å². The zero-order valence-corrected chi connectivity index (χ0v) is 11.3. The number of halogens is 1. The first-order valence-corrected chi connectivity index (χ1v) is 5.97. The maximum absolute atomic E-state index is 11.1. The van der Waals surface area contributed by atoms with E-state index in [9.17, 15) is 4.79 Å². The Kier molecular flexibility index (Phi) is 4.02. The Labute approximate surface area is 115 Å². The van der Waals surface area contributed by atoms with Crippen molar-refractivity contribution in [2.24, 2.45) is 0 Å². The number of ether oxygens (including phenoxy) is 2. The molecule has 4 nitrogen and oxygen atoms in total. The maximum Gasteiger partial charge on any atom is 0.308 e. The SMILES string of the molecule is COc1cccc(-c2nc(Cl)ccc2OC(C)=O)c1. The van der Waals surface area contributed by atoms with Crippen molar-refractivity contribution in [1.29, 1.82) is 0 Å². The molecule has 98 valence electrons. The normalized spacial score (nSPS) is 10.1. The van der Waals surface area contributed by atoms with E-state index in [1.165, 1.54) is 6.92 Å². The molecular weight excluding hydrogens is 266 g/mol. The minimum absolute atomic E-state index is 0.328. The predicted molar refractivity (Wildman–Crippen MR) is 72.5 cm³/mol. The first-order chi connectivity index (χ1) is 9.10. The highest BCUT2D eigenvalue weighted by Crippen LogP contribution is 2.31. The van der Waals surface area contributed by atoms with Crippen LogP contribution < -0.4 is 9.47 Å². The molecule has 0 saturated heterocycles. The summed E-state index contributed by atoms with van der Waals surface area (Å²) in [5.74, 6) is 0.645. The molecule has 0 atom stereocenters. The van der Waals surface area contributed by atoms with Crippen LogP contribution in [0.25, 0.3) is 11.3 Å². The lowest BCUT2D eigenvalue weighted by Gasteiger charge is -2.09. The van der Waals surface area contributed by atoms with Gasteiger partial charge in [-0.3, -0.25) is 4.79 Å². The Bertz CT molecular complexity index is 613. The fraction of sp³-hybridized carbons (Fsp3) is 0.143. The fourth-order valence-electron chi connectivity index (χ4n) is 1.64. The molecular formula is C14H12ClNO3. The number of methoxy groups -OCH3 is 1. The maximum atomic E-state index is 11.1. The summed E-state index contributed by atoms with van der Waals surface area (Å²) in [5, 5.41) is 0.328. The van der Waals surface area contributed by atoms with Gasteiger partial charge >= 0.3 is 5.97 Å². The second-order valence-corrected chi connectivity index (χ2v) is 4.19. The minimum atomic E-state index is -0.409. The van der Waals surface area contributed by atoms with Crippen LogP contribution in [0.5, 0.6) is 11.5 Å². The third-order valence-electron chi connectivity index (χ3n) is 2.42. The zero-order valence-electron chi connectivity index (χ0n) is 10.5. The Morgan fingerprint density at radius 2 is 2.05 bits per heavy atom. The Morgan fingerprint density at radius 3 is 2.74 bits per heavy atom. The third-order valence-corrected chi connectivity index (χ3v) is 2.63. The number of benzene rings is 1. The number of nitrogens with zero attached hydrogens (tertiary/aromatic N) is 1. The van der Waals surface area contributed by atoms with Crippen molar-refractivity contribution >= 4 is 17.6 Å². The van der Waals surface area contributed by atoms with Crippen molar-refractivity contribution < 1.29 is 14.3 Å². The Balaban J connectivity index is 2.52. The Morgan fingerprint density at radius 1 is 1.26 bits per heavy atom. The van der Waals surface area contributed by atoms with E-state index in [0.29, 0.717) is 22.3 Å². The molecule has 0 saturated carbocycles. The summed E-state index contributed by atoms with van der Waals surface area (Å²) in [6.07, 6.45) is 0. The van der Waals surface area contributed by atoms with Crippen LogP contribution in [0.15, 0.2) is 36.4 Å². The first-order valence-electron chi connectivity index (χ1n) is 5.59. The van der Waals surface area contributed by atoms with Crippen LogP contribution in [-0.4, -0.2) is 18.1 Å². The lowest BCUT2D eigenvalue weighted by molar-refractivity contribution is -0.131. The van der Waals surface area contributed by atoms with Crippen molar-refractivity contribution in [1.82, 2.24) is 4.98 Å². The molecule has 2 aromatic rings. The van der Waals surface area contributed by atoms with E-state index in [1.54, 1.807) is 25.3 Å². The average Bonchev–Trinajstić information content (AvgIpc) is 2.40. The van der Waals surface area contributed by atoms with E-state index in [2.05, 4.69) is 4.98 Å². The lowest BCUT2D eigenvalue weighted by atomic mass is 10.1. The first kappa shape index (κ1) is 13.4. The molecule has 19 heavy (non-hydrogen) atoms. The van der Waals surface area contributed by atoms with Crippen LogP contribution in [0.4, 0.5) is 0 Å². The third kappa shape index (κ3) is 3.23. The molecule has 0 N–H and O–H groups in total. The van der Waals surface area contributed by atoms with Gasteiger partial charge in [0.2, 0.25) is 0 Å². The predicted octanol–water partition coefficient (Wildman–Crippen LogP) is 3.34. The smallest absolute Gasteiger partial charge is 0.308 e. The molecule has 0 aliphatic carbocycles. The summed E-state index contributed by atoms with van der Waals surface area (Å²) in [6.45, 7) is 1.34. The van der Waals surface area contributed by atoms with E-state index in [0.717, 1.165) is 5.56 Å². The number of carbonyl (C=O) groups is 1. The molecule has 0 aliphatic rings. The summed E-state index contributed by atoms with van der Waals surface area (Å²) in [4.78, 5) is 15.3. The van der Waals surface area contributed by atoms with Gasteiger partial charge in [-0.25, -0.2) is 4.98 Å². The standard InChI is InChI=1S/C14H12ClNO3/c1-9(17)19-12-6-7-13(15)16-14(12)10-4-3-5-11(8-10)18-2/h3-8H,1-2H3. The molecule has 0 spiro atoms. The second kappa shape index (κ2) is 5.71. The molecule has 0 bridgehead atoms. The summed E-state index contributed by atoms with van der Waals surface area (Å²) in [5.41, 5.74) is 1.26. The molecule has 0 unspecified atom stereocenters. The van der Waals surface area contributed by atoms with Crippen molar-refractivity contribution in [3.05, 3.63) is 41.6 Å². The fourth-order valence-corrected chi connectivity index (χ4v) is 1.78. The van der Waals surface area contributed by atoms with Crippen molar-refractivity contribution in [3.63, 3.8) is 0 Å². The van der Waals surface area contributed by atoms with E-state index < -0.39 is 5.97 Å². The van der Waals surface area contributed by atoms with Gasteiger partial charge in [-0.05, 0) is 24.3 Å². The van der Waals surface area contributed by atoms with E-state index in [4.69, 9.17) is 21.1 Å². The van der Waals surface area contributed by atoms with Crippen LogP contribution in [0.1, 0.15) is 6.92 Å². The molecule has 0 amide bonds. The van der Waals surface area contributed by atoms with Gasteiger partial charge in [-0.1, -0.05) is 23.7 Å². The monoisotopic (exact) mass is 277 g/mol. The molecule has 1 aromatic carbocycles. The van der Waals surface area contributed by atoms with Crippen molar-refractivity contribution in [2.75, 3.05) is 7.11 Å². The summed E-state index contributed by atoms with van der Waals surface area (Å²) >= 11 is 5.89. The number of hydrogen-bond donors (Lipinski definition) is 0. The number of hydrogen-bond acceptors (Lipinski definition) is 4. The lowest BCUT2D eigenvalue weighted by Crippen LogP contribution is -2.03.